The highest BCUT2D eigenvalue weighted by Crippen LogP contribution is 2.36. The number of hydrogen-bond donors (Lipinski definition) is 0. The Morgan fingerprint density at radius 1 is 1.29 bits per heavy atom. The molecule has 0 aromatic heterocycles. The summed E-state index contributed by atoms with van der Waals surface area (Å²) < 4.78 is 53.7. The SMILES string of the molecule is O=S1(=Nc2cc(C(F)(F)F)ccc2Br)CCC1. The van der Waals surface area contributed by atoms with Crippen molar-refractivity contribution in [1.29, 1.82) is 0 Å². The monoisotopic (exact) mass is 327 g/mol. The second kappa shape index (κ2) is 4.28. The van der Waals surface area contributed by atoms with Crippen LogP contribution in [-0.2, 0) is 15.9 Å². The van der Waals surface area contributed by atoms with Gasteiger partial charge in [0.05, 0.1) is 21.0 Å². The third-order valence-corrected chi connectivity index (χ3v) is 5.52. The van der Waals surface area contributed by atoms with Crippen LogP contribution >= 0.6 is 15.9 Å². The van der Waals surface area contributed by atoms with Crippen molar-refractivity contribution < 1.29 is 17.4 Å². The molecule has 2 nitrogen and oxygen atoms in total. The van der Waals surface area contributed by atoms with Crippen LogP contribution in [0.5, 0.6) is 0 Å². The van der Waals surface area contributed by atoms with Gasteiger partial charge in [-0.05, 0) is 40.5 Å². The van der Waals surface area contributed by atoms with Gasteiger partial charge in [0.1, 0.15) is 0 Å². The van der Waals surface area contributed by atoms with Crippen molar-refractivity contribution in [1.82, 2.24) is 0 Å². The van der Waals surface area contributed by atoms with Gasteiger partial charge in [-0.2, -0.15) is 17.5 Å². The van der Waals surface area contributed by atoms with Crippen LogP contribution in [0.15, 0.2) is 27.0 Å². The molecule has 0 aliphatic carbocycles. The van der Waals surface area contributed by atoms with E-state index < -0.39 is 21.5 Å². The van der Waals surface area contributed by atoms with Gasteiger partial charge in [0, 0.05) is 16.0 Å². The van der Waals surface area contributed by atoms with Crippen molar-refractivity contribution in [2.24, 2.45) is 4.36 Å². The van der Waals surface area contributed by atoms with Crippen LogP contribution in [0.25, 0.3) is 0 Å². The van der Waals surface area contributed by atoms with Crippen molar-refractivity contribution in [2.45, 2.75) is 12.6 Å². The Morgan fingerprint density at radius 2 is 1.94 bits per heavy atom. The minimum atomic E-state index is -4.41. The number of hydrogen-bond acceptors (Lipinski definition) is 2. The number of nitrogens with zero attached hydrogens (tertiary/aromatic N) is 1. The van der Waals surface area contributed by atoms with Crippen molar-refractivity contribution in [3.63, 3.8) is 0 Å². The van der Waals surface area contributed by atoms with Crippen LogP contribution in [0.1, 0.15) is 12.0 Å². The zero-order valence-corrected chi connectivity index (χ0v) is 11.0. The molecule has 1 aliphatic heterocycles. The molecule has 0 atom stereocenters. The molecule has 2 rings (SSSR count). The molecule has 0 unspecified atom stereocenters. The summed E-state index contributed by atoms with van der Waals surface area (Å²) in [4.78, 5) is 0. The van der Waals surface area contributed by atoms with Crippen LogP contribution in [-0.4, -0.2) is 15.7 Å². The Bertz CT molecular complexity index is 551. The van der Waals surface area contributed by atoms with Gasteiger partial charge in [0.25, 0.3) is 0 Å². The Morgan fingerprint density at radius 3 is 2.41 bits per heavy atom. The summed E-state index contributed by atoms with van der Waals surface area (Å²) >= 11 is 3.12. The van der Waals surface area contributed by atoms with Crippen molar-refractivity contribution in [2.75, 3.05) is 11.5 Å². The number of alkyl halides is 3. The van der Waals surface area contributed by atoms with Crippen LogP contribution in [0.4, 0.5) is 18.9 Å². The van der Waals surface area contributed by atoms with Gasteiger partial charge < -0.3 is 0 Å². The fourth-order valence-electron chi connectivity index (χ4n) is 1.42. The van der Waals surface area contributed by atoms with E-state index in [-0.39, 0.29) is 5.69 Å². The van der Waals surface area contributed by atoms with E-state index in [9.17, 15) is 17.4 Å². The number of rotatable bonds is 1. The average molecular weight is 328 g/mol. The summed E-state index contributed by atoms with van der Waals surface area (Å²) in [5.74, 6) is 0.936. The summed E-state index contributed by atoms with van der Waals surface area (Å²) in [6, 6.07) is 3.18. The lowest BCUT2D eigenvalue weighted by Crippen LogP contribution is -2.23. The van der Waals surface area contributed by atoms with Crippen LogP contribution in [0.2, 0.25) is 0 Å². The zero-order valence-electron chi connectivity index (χ0n) is 8.63. The lowest BCUT2D eigenvalue weighted by Gasteiger charge is -2.18. The lowest BCUT2D eigenvalue weighted by molar-refractivity contribution is -0.137. The molecule has 0 N–H and O–H groups in total. The quantitative estimate of drug-likeness (QED) is 0.767. The highest BCUT2D eigenvalue weighted by Gasteiger charge is 2.31. The first-order valence-corrected chi connectivity index (χ1v) is 7.54. The Hall–Kier alpha value is -0.560. The standard InChI is InChI=1S/C10H9BrF3NOS/c11-8-3-2-7(10(12,13)14)6-9(8)15-17(16)4-1-5-17/h2-3,6H,1,4-5H2. The third kappa shape index (κ3) is 2.82. The maximum atomic E-state index is 12.5. The van der Waals surface area contributed by atoms with Crippen molar-refractivity contribution in [3.05, 3.63) is 28.2 Å². The van der Waals surface area contributed by atoms with Gasteiger partial charge in [-0.1, -0.05) is 0 Å². The smallest absolute Gasteiger partial charge is 0.249 e. The molecule has 7 heteroatoms. The van der Waals surface area contributed by atoms with Gasteiger partial charge in [0.15, 0.2) is 0 Å². The van der Waals surface area contributed by atoms with E-state index in [1.54, 1.807) is 0 Å². The van der Waals surface area contributed by atoms with Gasteiger partial charge in [-0.3, -0.25) is 0 Å². The molecular weight excluding hydrogens is 319 g/mol. The maximum Gasteiger partial charge on any atom is 0.416 e. The molecule has 17 heavy (non-hydrogen) atoms. The predicted molar refractivity (Wildman–Crippen MR) is 63.7 cm³/mol. The highest BCUT2D eigenvalue weighted by molar-refractivity contribution is 9.10. The summed E-state index contributed by atoms with van der Waals surface area (Å²) in [6.45, 7) is 0. The molecule has 0 amide bonds. The van der Waals surface area contributed by atoms with E-state index in [1.807, 2.05) is 0 Å². The van der Waals surface area contributed by atoms with E-state index >= 15 is 0 Å². The molecule has 1 saturated heterocycles. The average Bonchev–Trinajstić information content (AvgIpc) is 2.17. The third-order valence-electron chi connectivity index (χ3n) is 2.46. The minimum Gasteiger partial charge on any atom is -0.249 e. The van der Waals surface area contributed by atoms with Gasteiger partial charge >= 0.3 is 6.18 Å². The number of halogens is 4. The van der Waals surface area contributed by atoms with E-state index in [0.717, 1.165) is 18.6 Å². The molecule has 0 saturated carbocycles. The Balaban J connectivity index is 2.47. The summed E-state index contributed by atoms with van der Waals surface area (Å²) in [5.41, 5.74) is -0.661. The van der Waals surface area contributed by atoms with Gasteiger partial charge in [0.2, 0.25) is 0 Å². The van der Waals surface area contributed by atoms with Crippen molar-refractivity contribution >= 4 is 31.3 Å². The first-order valence-electron chi connectivity index (χ1n) is 4.89. The molecule has 0 spiro atoms. The summed E-state index contributed by atoms with van der Waals surface area (Å²) in [7, 11) is -2.30. The normalized spacial score (nSPS) is 18.6. The molecule has 1 heterocycles. The molecule has 1 aliphatic rings. The van der Waals surface area contributed by atoms with Crippen LogP contribution < -0.4 is 0 Å². The second-order valence-corrected chi connectivity index (χ2v) is 7.19. The van der Waals surface area contributed by atoms with E-state index in [2.05, 4.69) is 20.3 Å². The molecule has 94 valence electrons. The maximum absolute atomic E-state index is 12.5. The Labute approximate surface area is 106 Å². The first-order chi connectivity index (χ1) is 7.80. The zero-order chi connectivity index (χ0) is 12.7. The second-order valence-electron chi connectivity index (χ2n) is 3.79. The summed E-state index contributed by atoms with van der Waals surface area (Å²) in [5, 5.41) is 0. The molecule has 0 bridgehead atoms. The Kier molecular flexibility index (Phi) is 3.24. The fraction of sp³-hybridized carbons (Fsp3) is 0.400. The first kappa shape index (κ1) is 12.9. The van der Waals surface area contributed by atoms with E-state index in [4.69, 9.17) is 0 Å². The highest BCUT2D eigenvalue weighted by atomic mass is 79.9. The molecular formula is C10H9BrF3NOS. The van der Waals surface area contributed by atoms with Gasteiger partial charge in [-0.15, -0.1) is 0 Å². The number of benzene rings is 1. The lowest BCUT2D eigenvalue weighted by atomic mass is 10.2. The van der Waals surface area contributed by atoms with E-state index in [1.165, 1.54) is 6.07 Å². The molecule has 1 aromatic carbocycles. The topological polar surface area (TPSA) is 29.4 Å². The largest absolute Gasteiger partial charge is 0.416 e. The molecule has 1 fully saturated rings. The van der Waals surface area contributed by atoms with Gasteiger partial charge in [-0.25, -0.2) is 4.21 Å². The van der Waals surface area contributed by atoms with Crippen LogP contribution in [0, 0.1) is 0 Å². The van der Waals surface area contributed by atoms with E-state index in [0.29, 0.717) is 16.0 Å². The van der Waals surface area contributed by atoms with Crippen molar-refractivity contribution in [3.8, 4) is 0 Å². The fourth-order valence-corrected chi connectivity index (χ4v) is 3.35. The summed E-state index contributed by atoms with van der Waals surface area (Å²) in [6.07, 6.45) is -3.59. The molecule has 1 aromatic rings. The predicted octanol–water partition coefficient (Wildman–Crippen LogP) is 3.97. The van der Waals surface area contributed by atoms with Crippen LogP contribution in [0.3, 0.4) is 0 Å². The molecule has 0 radical (unpaired) electrons. The minimum absolute atomic E-state index is 0.115.